The highest BCUT2D eigenvalue weighted by Crippen LogP contribution is 2.28. The molecule has 0 saturated carbocycles. The van der Waals surface area contributed by atoms with Gasteiger partial charge < -0.3 is 13.9 Å². The SMILES string of the molecule is COc1ccc(C(=O)NC(=O)NSc2ccc(-c3nc4cc(C)ccc4o3)cc2)cc1OC. The minimum absolute atomic E-state index is 0.269. The lowest BCUT2D eigenvalue weighted by Crippen LogP contribution is -2.36. The Morgan fingerprint density at radius 1 is 0.939 bits per heavy atom. The number of amides is 3. The van der Waals surface area contributed by atoms with Crippen LogP contribution >= 0.6 is 11.9 Å². The number of hydrogen-bond acceptors (Lipinski definition) is 7. The van der Waals surface area contributed by atoms with E-state index in [0.717, 1.165) is 39.1 Å². The summed E-state index contributed by atoms with van der Waals surface area (Å²) < 4.78 is 18.7. The van der Waals surface area contributed by atoms with Crippen molar-refractivity contribution in [2.75, 3.05) is 14.2 Å². The van der Waals surface area contributed by atoms with Gasteiger partial charge in [0.15, 0.2) is 17.1 Å². The zero-order valence-corrected chi connectivity index (χ0v) is 19.0. The molecule has 0 radical (unpaired) electrons. The molecule has 4 aromatic rings. The zero-order valence-electron chi connectivity index (χ0n) is 18.2. The molecule has 0 saturated heterocycles. The topological polar surface area (TPSA) is 103 Å². The number of nitrogens with zero attached hydrogens (tertiary/aromatic N) is 1. The Hall–Kier alpha value is -3.98. The van der Waals surface area contributed by atoms with Crippen LogP contribution < -0.4 is 19.5 Å². The van der Waals surface area contributed by atoms with Gasteiger partial charge in [0, 0.05) is 16.0 Å². The lowest BCUT2D eigenvalue weighted by atomic mass is 10.2. The molecular weight excluding hydrogens is 442 g/mol. The number of ether oxygens (including phenoxy) is 2. The van der Waals surface area contributed by atoms with E-state index in [2.05, 4.69) is 15.0 Å². The molecule has 4 rings (SSSR count). The molecule has 8 nitrogen and oxygen atoms in total. The molecule has 3 amide bonds. The number of aryl methyl sites for hydroxylation is 1. The molecule has 0 spiro atoms. The van der Waals surface area contributed by atoms with E-state index in [0.29, 0.717) is 17.4 Å². The first-order valence-corrected chi connectivity index (χ1v) is 10.8. The molecular formula is C24H21N3O5S. The van der Waals surface area contributed by atoms with E-state index in [-0.39, 0.29) is 5.56 Å². The van der Waals surface area contributed by atoms with E-state index in [1.54, 1.807) is 12.1 Å². The van der Waals surface area contributed by atoms with Crippen molar-refractivity contribution in [2.45, 2.75) is 11.8 Å². The van der Waals surface area contributed by atoms with Crippen molar-refractivity contribution in [1.82, 2.24) is 15.0 Å². The predicted octanol–water partition coefficient (Wildman–Crippen LogP) is 4.97. The van der Waals surface area contributed by atoms with Crippen LogP contribution in [0.15, 0.2) is 70.0 Å². The van der Waals surface area contributed by atoms with Crippen LogP contribution in [0.2, 0.25) is 0 Å². The fourth-order valence-corrected chi connectivity index (χ4v) is 3.64. The highest BCUT2D eigenvalue weighted by molar-refractivity contribution is 7.98. The van der Waals surface area contributed by atoms with Crippen molar-refractivity contribution >= 4 is 35.0 Å². The molecule has 9 heteroatoms. The Labute approximate surface area is 194 Å². The van der Waals surface area contributed by atoms with Crippen LogP contribution in [0.3, 0.4) is 0 Å². The Balaban J connectivity index is 1.35. The summed E-state index contributed by atoms with van der Waals surface area (Å²) in [5.41, 5.74) is 3.74. The number of nitrogens with one attached hydrogen (secondary N) is 2. The molecule has 0 bridgehead atoms. The van der Waals surface area contributed by atoms with Gasteiger partial charge in [0.1, 0.15) is 5.52 Å². The molecule has 1 aromatic heterocycles. The largest absolute Gasteiger partial charge is 0.493 e. The highest BCUT2D eigenvalue weighted by atomic mass is 32.2. The molecule has 0 unspecified atom stereocenters. The minimum atomic E-state index is -0.641. The molecule has 0 aliphatic heterocycles. The second-order valence-electron chi connectivity index (χ2n) is 7.07. The number of imide groups is 1. The van der Waals surface area contributed by atoms with E-state index < -0.39 is 11.9 Å². The maximum absolute atomic E-state index is 12.3. The van der Waals surface area contributed by atoms with E-state index in [4.69, 9.17) is 13.9 Å². The van der Waals surface area contributed by atoms with Gasteiger partial charge in [0.05, 0.1) is 14.2 Å². The number of hydrogen-bond donors (Lipinski definition) is 2. The first-order chi connectivity index (χ1) is 16.0. The van der Waals surface area contributed by atoms with Crippen LogP contribution in [-0.4, -0.2) is 31.1 Å². The Morgan fingerprint density at radius 2 is 1.70 bits per heavy atom. The van der Waals surface area contributed by atoms with Crippen molar-refractivity contribution in [3.63, 3.8) is 0 Å². The Kier molecular flexibility index (Phi) is 6.50. The molecule has 3 aromatic carbocycles. The number of methoxy groups -OCH3 is 2. The van der Waals surface area contributed by atoms with Gasteiger partial charge in [0.2, 0.25) is 5.89 Å². The maximum Gasteiger partial charge on any atom is 0.331 e. The third kappa shape index (κ3) is 5.09. The van der Waals surface area contributed by atoms with Crippen LogP contribution in [-0.2, 0) is 0 Å². The number of carbonyl (C=O) groups is 2. The van der Waals surface area contributed by atoms with E-state index in [1.807, 2.05) is 49.4 Å². The van der Waals surface area contributed by atoms with Crippen LogP contribution in [0.25, 0.3) is 22.6 Å². The summed E-state index contributed by atoms with van der Waals surface area (Å²) in [6, 6.07) is 17.2. The summed E-state index contributed by atoms with van der Waals surface area (Å²) in [5.74, 6) is 0.855. The zero-order chi connectivity index (χ0) is 23.4. The maximum atomic E-state index is 12.3. The number of oxazole rings is 1. The monoisotopic (exact) mass is 463 g/mol. The standard InChI is InChI=1S/C24H21N3O5S/c1-14-4-10-19-18(12-14)25-23(32-19)15-5-8-17(9-6-15)33-27-24(29)26-22(28)16-7-11-20(30-2)21(13-16)31-3/h4-13H,1-3H3,(H2,26,27,28,29). The second-order valence-corrected chi connectivity index (χ2v) is 7.95. The smallest absolute Gasteiger partial charge is 0.331 e. The van der Waals surface area contributed by atoms with Gasteiger partial charge in [-0.2, -0.15) is 0 Å². The van der Waals surface area contributed by atoms with E-state index >= 15 is 0 Å². The summed E-state index contributed by atoms with van der Waals surface area (Å²) >= 11 is 1.08. The second kappa shape index (κ2) is 9.66. The summed E-state index contributed by atoms with van der Waals surface area (Å²) in [6.45, 7) is 2.00. The van der Waals surface area contributed by atoms with Gasteiger partial charge in [-0.25, -0.2) is 9.78 Å². The number of urea groups is 1. The lowest BCUT2D eigenvalue weighted by molar-refractivity contribution is 0.0965. The predicted molar refractivity (Wildman–Crippen MR) is 126 cm³/mol. The molecule has 1 heterocycles. The number of benzene rings is 3. The van der Waals surface area contributed by atoms with Crippen LogP contribution in [0.4, 0.5) is 4.79 Å². The third-order valence-electron chi connectivity index (χ3n) is 4.78. The Bertz CT molecular complexity index is 1320. The number of fused-ring (bicyclic) bond motifs is 1. The van der Waals surface area contributed by atoms with Crippen LogP contribution in [0.1, 0.15) is 15.9 Å². The average Bonchev–Trinajstić information content (AvgIpc) is 3.25. The van der Waals surface area contributed by atoms with Crippen molar-refractivity contribution in [1.29, 1.82) is 0 Å². The fraction of sp³-hybridized carbons (Fsp3) is 0.125. The summed E-state index contributed by atoms with van der Waals surface area (Å²) in [5, 5.41) is 2.28. The van der Waals surface area contributed by atoms with Crippen molar-refractivity contribution in [2.24, 2.45) is 0 Å². The van der Waals surface area contributed by atoms with Crippen LogP contribution in [0, 0.1) is 6.92 Å². The van der Waals surface area contributed by atoms with E-state index in [1.165, 1.54) is 20.3 Å². The molecule has 0 fully saturated rings. The molecule has 33 heavy (non-hydrogen) atoms. The number of carbonyl (C=O) groups excluding carboxylic acids is 2. The van der Waals surface area contributed by atoms with Gasteiger partial charge in [-0.1, -0.05) is 6.07 Å². The van der Waals surface area contributed by atoms with E-state index in [9.17, 15) is 9.59 Å². The average molecular weight is 464 g/mol. The van der Waals surface area contributed by atoms with Crippen molar-refractivity contribution in [3.8, 4) is 23.0 Å². The first kappa shape index (κ1) is 22.2. The quantitative estimate of drug-likeness (QED) is 0.389. The minimum Gasteiger partial charge on any atom is -0.493 e. The number of aromatic nitrogens is 1. The molecule has 0 aliphatic rings. The number of rotatable bonds is 6. The molecule has 0 aliphatic carbocycles. The normalized spacial score (nSPS) is 10.6. The summed E-state index contributed by atoms with van der Waals surface area (Å²) in [7, 11) is 2.97. The third-order valence-corrected chi connectivity index (χ3v) is 5.57. The van der Waals surface area contributed by atoms with Gasteiger partial charge >= 0.3 is 6.03 Å². The van der Waals surface area contributed by atoms with Gasteiger partial charge in [0.25, 0.3) is 5.91 Å². The fourth-order valence-electron chi connectivity index (χ4n) is 3.11. The Morgan fingerprint density at radius 3 is 2.42 bits per heavy atom. The summed E-state index contributed by atoms with van der Waals surface area (Å²) in [4.78, 5) is 29.8. The summed E-state index contributed by atoms with van der Waals surface area (Å²) in [6.07, 6.45) is 0. The molecule has 2 N–H and O–H groups in total. The molecule has 0 atom stereocenters. The van der Waals surface area contributed by atoms with Gasteiger partial charge in [-0.15, -0.1) is 0 Å². The lowest BCUT2D eigenvalue weighted by Gasteiger charge is -2.10. The van der Waals surface area contributed by atoms with Gasteiger partial charge in [-0.05, 0) is 79.0 Å². The van der Waals surface area contributed by atoms with Crippen LogP contribution in [0.5, 0.6) is 11.5 Å². The highest BCUT2D eigenvalue weighted by Gasteiger charge is 2.14. The molecule has 168 valence electrons. The van der Waals surface area contributed by atoms with Crippen molar-refractivity contribution in [3.05, 3.63) is 71.8 Å². The van der Waals surface area contributed by atoms with Crippen molar-refractivity contribution < 1.29 is 23.5 Å². The van der Waals surface area contributed by atoms with Gasteiger partial charge in [-0.3, -0.25) is 14.8 Å². The first-order valence-electron chi connectivity index (χ1n) is 9.94.